The lowest BCUT2D eigenvalue weighted by Gasteiger charge is -2.11. The summed E-state index contributed by atoms with van der Waals surface area (Å²) in [6, 6.07) is 98.0. The smallest absolute Gasteiger partial charge is 0.492 e. The van der Waals surface area contributed by atoms with E-state index in [0.717, 1.165) is 125 Å². The number of azide groups is 1. The Bertz CT molecular complexity index is 6580. The number of halogens is 2. The molecule has 6 N–H and O–H groups in total. The molecule has 18 aromatic rings. The number of hydrogen-bond donors (Lipinski definition) is 4. The van der Waals surface area contributed by atoms with Crippen LogP contribution < -0.4 is 50.1 Å². The third-order valence-corrected chi connectivity index (χ3v) is 22.0. The Morgan fingerprint density at radius 1 is 0.389 bits per heavy atom. The molecule has 0 saturated heterocycles. The molecule has 658 valence electrons. The minimum Gasteiger partial charge on any atom is -0.497 e. The van der Waals surface area contributed by atoms with Gasteiger partial charge in [-0.25, -0.2) is 23.4 Å². The first-order valence-corrected chi connectivity index (χ1v) is 42.6. The Labute approximate surface area is 784 Å². The van der Waals surface area contributed by atoms with Crippen molar-refractivity contribution in [3.8, 4) is 125 Å². The lowest BCUT2D eigenvalue weighted by Crippen LogP contribution is -2.30. The lowest BCUT2D eigenvalue weighted by atomic mass is 9.80. The lowest BCUT2D eigenvalue weighted by molar-refractivity contribution is -0.384. The number of nitro groups is 1. The maximum Gasteiger partial charge on any atom is 0.492 e. The molecule has 0 saturated carbocycles. The van der Waals surface area contributed by atoms with Crippen molar-refractivity contribution in [2.24, 2.45) is 5.11 Å². The van der Waals surface area contributed by atoms with Gasteiger partial charge in [0.25, 0.3) is 5.69 Å². The Balaban J connectivity index is 0.000000141. The van der Waals surface area contributed by atoms with E-state index in [2.05, 4.69) is 125 Å². The molecule has 0 spiro atoms. The van der Waals surface area contributed by atoms with Crippen LogP contribution in [0.4, 0.5) is 22.7 Å². The molecular weight excluding hydrogens is 1910 g/mol. The molecule has 0 radical (unpaired) electrons. The summed E-state index contributed by atoms with van der Waals surface area (Å²) < 4.78 is 47.6. The van der Waals surface area contributed by atoms with Crippen molar-refractivity contribution < 1.29 is 48.1 Å². The number of nitro benzene ring substituents is 1. The first-order chi connectivity index (χ1) is 64.0. The molecule has 5 heterocycles. The Morgan fingerprint density at radius 2 is 0.725 bits per heavy atom. The number of para-hydroxylation sites is 14. The summed E-state index contributed by atoms with van der Waals surface area (Å²) in [7, 11) is 9.74. The zero-order valence-corrected chi connectivity index (χ0v) is 76.5. The second-order valence-corrected chi connectivity index (χ2v) is 30.5. The molecule has 0 amide bonds. The van der Waals surface area contributed by atoms with Crippen molar-refractivity contribution >= 4 is 92.3 Å². The molecule has 131 heavy (non-hydrogen) atoms. The SMILES string of the molecule is COc1ccccc1-n1cc(-c2ccccc2I)nn1.COc1ccccc1-n1cc(-c2ccccc2N)nn1.COc1ccccc1-n1cc(-c2ccccc2Sc2ccc([N+](=O)[O-])cc2)nn1.COc1ccccc1-n1nncc1-c1ccccc1I.COc1ccccc1-n1nncc1-c1ccccc1N.COc1ccccc1B(O)O.COc1ccccc1N=[N+]=[N-]. The van der Waals surface area contributed by atoms with Crippen LogP contribution in [0, 0.1) is 17.3 Å². The number of methoxy groups -OCH3 is 7. The van der Waals surface area contributed by atoms with Gasteiger partial charge < -0.3 is 54.7 Å². The van der Waals surface area contributed by atoms with E-state index in [1.165, 1.54) is 38.1 Å². The van der Waals surface area contributed by atoms with Crippen LogP contribution in [0.1, 0.15) is 0 Å². The van der Waals surface area contributed by atoms with E-state index in [9.17, 15) is 10.1 Å². The Morgan fingerprint density at radius 3 is 1.15 bits per heavy atom. The highest BCUT2D eigenvalue weighted by molar-refractivity contribution is 14.1. The summed E-state index contributed by atoms with van der Waals surface area (Å²) in [4.78, 5) is 15.0. The second-order valence-electron chi connectivity index (χ2n) is 27.0. The standard InChI is InChI=1S/C21H16N4O3S.2C15H12IN3O.2C15H14N4O.C7H9BO3.C7H7N3O/c1-28-20-8-4-3-7-19(20)24-14-18(22-23-24)17-6-2-5-9-21(17)29-16-12-10-15(11-13-16)25(26)27;1-20-15-9-5-4-8-14(15)19-10-13(17-18-19)11-6-2-3-7-12(11)16;1-20-15-9-5-4-8-13(15)19-14(10-17-18-19)11-6-2-3-7-12(11)16;1-20-15-9-5-4-8-14(15)19-10-13(17-18-19)11-6-2-3-7-12(11)16;1-20-15-9-5-4-8-13(15)19-14(10-17-18-19)11-6-2-3-7-12(11)16;1-11-7-5-3-2-4-6(7)8(9)10;1-11-7-5-3-2-4-6(7)9-10-8/h2-14H,1H3;2*2-10H,1H3;2*2-10H,16H2,1H3;2-5,9-10H,1H3;2-5H,1H3. The van der Waals surface area contributed by atoms with Crippen LogP contribution in [0.3, 0.4) is 0 Å². The topological polar surface area (TPSA) is 403 Å². The summed E-state index contributed by atoms with van der Waals surface area (Å²) in [5.41, 5.74) is 35.6. The normalized spacial score (nSPS) is 10.3. The monoisotopic (exact) mass is 1990 g/mol. The van der Waals surface area contributed by atoms with Gasteiger partial charge >= 0.3 is 7.12 Å². The number of aromatic nitrogens is 15. The van der Waals surface area contributed by atoms with Crippen molar-refractivity contribution in [1.29, 1.82) is 0 Å². The number of ether oxygens (including phenoxy) is 7. The van der Waals surface area contributed by atoms with Crippen LogP contribution in [0.25, 0.3) is 95.2 Å². The van der Waals surface area contributed by atoms with E-state index in [0.29, 0.717) is 39.8 Å². The molecule has 0 aliphatic carbocycles. The molecule has 32 nitrogen and oxygen atoms in total. The van der Waals surface area contributed by atoms with Gasteiger partial charge in [0, 0.05) is 78.6 Å². The van der Waals surface area contributed by atoms with Gasteiger partial charge in [0.15, 0.2) is 0 Å². The molecular formula is C95H84BI2N21O11S. The fourth-order valence-corrected chi connectivity index (χ4v) is 15.0. The van der Waals surface area contributed by atoms with Crippen molar-refractivity contribution in [3.63, 3.8) is 0 Å². The van der Waals surface area contributed by atoms with Crippen LogP contribution in [0.5, 0.6) is 40.2 Å². The van der Waals surface area contributed by atoms with Gasteiger partial charge in [-0.3, -0.25) is 10.1 Å². The molecule has 0 unspecified atom stereocenters. The number of nitrogen functional groups attached to an aromatic ring is 2. The van der Waals surface area contributed by atoms with Crippen molar-refractivity contribution in [2.45, 2.75) is 9.79 Å². The first-order valence-electron chi connectivity index (χ1n) is 39.6. The predicted molar refractivity (Wildman–Crippen MR) is 523 cm³/mol. The van der Waals surface area contributed by atoms with E-state index in [1.54, 1.807) is 126 Å². The Hall–Kier alpha value is -15.7. The van der Waals surface area contributed by atoms with Crippen LogP contribution >= 0.6 is 56.9 Å². The molecule has 0 atom stereocenters. The minimum atomic E-state index is -1.47. The zero-order chi connectivity index (χ0) is 92.4. The maximum absolute atomic E-state index is 10.8. The fourth-order valence-electron chi connectivity index (χ4n) is 12.7. The minimum absolute atomic E-state index is 0.0717. The van der Waals surface area contributed by atoms with Gasteiger partial charge in [0.1, 0.15) is 85.8 Å². The van der Waals surface area contributed by atoms with Gasteiger partial charge in [0.05, 0.1) is 103 Å². The third-order valence-electron chi connectivity index (χ3n) is 19.1. The summed E-state index contributed by atoms with van der Waals surface area (Å²) >= 11 is 6.13. The molecule has 0 aliphatic rings. The van der Waals surface area contributed by atoms with Crippen molar-refractivity contribution in [2.75, 3.05) is 61.2 Å². The van der Waals surface area contributed by atoms with Crippen LogP contribution in [0.2, 0.25) is 0 Å². The molecule has 13 aromatic carbocycles. The second kappa shape index (κ2) is 47.7. The summed E-state index contributed by atoms with van der Waals surface area (Å²) in [6.45, 7) is 0. The highest BCUT2D eigenvalue weighted by Crippen LogP contribution is 2.39. The predicted octanol–water partition coefficient (Wildman–Crippen LogP) is 19.2. The molecule has 0 aliphatic heterocycles. The highest BCUT2D eigenvalue weighted by atomic mass is 127. The number of rotatable bonds is 22. The first kappa shape index (κ1) is 94.4. The Kier molecular flexibility index (Phi) is 34.4. The van der Waals surface area contributed by atoms with Gasteiger partial charge in [-0.15, -0.1) is 25.5 Å². The summed E-state index contributed by atoms with van der Waals surface area (Å²) in [5.74, 6) is 4.79. The van der Waals surface area contributed by atoms with Gasteiger partial charge in [-0.2, -0.15) is 0 Å². The molecule has 18 rings (SSSR count). The molecule has 36 heteroatoms. The number of hydrogen-bond acceptors (Lipinski definition) is 25. The van der Waals surface area contributed by atoms with Crippen molar-refractivity contribution in [1.82, 2.24) is 75.0 Å². The maximum atomic E-state index is 10.8. The van der Waals surface area contributed by atoms with E-state index < -0.39 is 12.0 Å². The summed E-state index contributed by atoms with van der Waals surface area (Å²) in [5, 5.41) is 73.6. The average molecular weight is 1990 g/mol. The number of nitrogens with zero attached hydrogens (tertiary/aromatic N) is 19. The number of anilines is 2. The van der Waals surface area contributed by atoms with Crippen LogP contribution in [-0.2, 0) is 0 Å². The average Bonchev–Trinajstić information content (AvgIpc) is 1.70. The van der Waals surface area contributed by atoms with Crippen LogP contribution in [0.15, 0.2) is 361 Å². The number of nitrogens with two attached hydrogens (primary N) is 2. The summed E-state index contributed by atoms with van der Waals surface area (Å²) in [6.07, 6.45) is 9.06. The highest BCUT2D eigenvalue weighted by Gasteiger charge is 2.21. The van der Waals surface area contributed by atoms with Crippen molar-refractivity contribution in [3.05, 3.63) is 374 Å². The quantitative estimate of drug-likeness (QED) is 0.00715. The third kappa shape index (κ3) is 24.5. The van der Waals surface area contributed by atoms with Crippen LogP contribution in [-0.4, -0.2) is 147 Å². The van der Waals surface area contributed by atoms with Gasteiger partial charge in [-0.05, 0) is 172 Å². The van der Waals surface area contributed by atoms with Gasteiger partial charge in [0.2, 0.25) is 0 Å². The van der Waals surface area contributed by atoms with Gasteiger partial charge in [-0.1, -0.05) is 225 Å². The zero-order valence-electron chi connectivity index (χ0n) is 71.4. The van der Waals surface area contributed by atoms with E-state index in [1.807, 2.05) is 249 Å². The largest absolute Gasteiger partial charge is 0.497 e. The van der Waals surface area contributed by atoms with E-state index >= 15 is 0 Å². The molecule has 0 fully saturated rings. The fraction of sp³-hybridized carbons (Fsp3) is 0.0737. The molecule has 0 bridgehead atoms. The van der Waals surface area contributed by atoms with E-state index in [-0.39, 0.29) is 5.69 Å². The van der Waals surface area contributed by atoms with E-state index in [4.69, 9.17) is 60.2 Å². The number of non-ortho nitro benzene ring substituents is 1. The number of benzene rings is 13. The molecule has 5 aromatic heterocycles.